The molecule has 2 fully saturated rings. The van der Waals surface area contributed by atoms with Crippen molar-refractivity contribution >= 4 is 12.0 Å². The monoisotopic (exact) mass is 298 g/mol. The van der Waals surface area contributed by atoms with E-state index in [2.05, 4.69) is 12.2 Å². The summed E-state index contributed by atoms with van der Waals surface area (Å²) in [4.78, 5) is 24.4. The molecule has 2 rings (SSSR count). The van der Waals surface area contributed by atoms with Crippen LogP contribution in [-0.2, 0) is 9.53 Å². The summed E-state index contributed by atoms with van der Waals surface area (Å²) in [5.41, 5.74) is -0.520. The largest absolute Gasteiger partial charge is 0.480 e. The number of urea groups is 1. The fourth-order valence-corrected chi connectivity index (χ4v) is 3.29. The molecular weight excluding hydrogens is 272 g/mol. The van der Waals surface area contributed by atoms with Crippen LogP contribution in [0.3, 0.4) is 0 Å². The molecule has 6 nitrogen and oxygen atoms in total. The molecule has 1 saturated carbocycles. The highest BCUT2D eigenvalue weighted by molar-refractivity contribution is 5.76. The van der Waals surface area contributed by atoms with Crippen molar-refractivity contribution in [3.05, 3.63) is 0 Å². The highest BCUT2D eigenvalue weighted by Gasteiger charge is 2.43. The fourth-order valence-electron chi connectivity index (χ4n) is 3.29. The van der Waals surface area contributed by atoms with Crippen LogP contribution in [-0.4, -0.2) is 53.3 Å². The Morgan fingerprint density at radius 1 is 1.38 bits per heavy atom. The lowest BCUT2D eigenvalue weighted by atomic mass is 9.84. The second-order valence-electron chi connectivity index (χ2n) is 6.58. The molecule has 21 heavy (non-hydrogen) atoms. The number of carboxylic acids is 1. The lowest BCUT2D eigenvalue weighted by molar-refractivity contribution is -0.159. The van der Waals surface area contributed by atoms with Gasteiger partial charge in [-0.2, -0.15) is 0 Å². The molecule has 120 valence electrons. The highest BCUT2D eigenvalue weighted by Crippen LogP contribution is 2.28. The highest BCUT2D eigenvalue weighted by atomic mass is 16.5. The van der Waals surface area contributed by atoms with E-state index in [1.165, 1.54) is 19.3 Å². The lowest BCUT2D eigenvalue weighted by Crippen LogP contribution is -2.66. The summed E-state index contributed by atoms with van der Waals surface area (Å²) in [6, 6.07) is 0.233. The number of nitrogens with one attached hydrogen (secondary N) is 1. The van der Waals surface area contributed by atoms with E-state index in [1.54, 1.807) is 4.90 Å². The number of likely N-dealkylation sites (tertiary alicyclic amines) is 1. The minimum absolute atomic E-state index is 0.0480. The summed E-state index contributed by atoms with van der Waals surface area (Å²) in [7, 11) is 0. The summed E-state index contributed by atoms with van der Waals surface area (Å²) in [5, 5.41) is 11.7. The van der Waals surface area contributed by atoms with Gasteiger partial charge in [0, 0.05) is 6.04 Å². The first kappa shape index (κ1) is 16.1. The number of amides is 2. The first-order chi connectivity index (χ1) is 9.92. The van der Waals surface area contributed by atoms with Gasteiger partial charge in [-0.1, -0.05) is 26.2 Å². The van der Waals surface area contributed by atoms with Gasteiger partial charge in [-0.3, -0.25) is 0 Å². The van der Waals surface area contributed by atoms with Crippen LogP contribution in [0.25, 0.3) is 0 Å². The molecule has 0 aromatic rings. The quantitative estimate of drug-likeness (QED) is 0.811. The molecule has 2 amide bonds. The number of carbonyl (C=O) groups is 2. The van der Waals surface area contributed by atoms with Gasteiger partial charge in [0.2, 0.25) is 0 Å². The second kappa shape index (κ2) is 6.64. The van der Waals surface area contributed by atoms with E-state index in [9.17, 15) is 9.59 Å². The van der Waals surface area contributed by atoms with Gasteiger partial charge in [-0.15, -0.1) is 0 Å². The van der Waals surface area contributed by atoms with Crippen LogP contribution >= 0.6 is 0 Å². The molecule has 6 heteroatoms. The first-order valence-electron chi connectivity index (χ1n) is 7.83. The van der Waals surface area contributed by atoms with E-state index in [0.29, 0.717) is 13.1 Å². The van der Waals surface area contributed by atoms with Crippen LogP contribution in [0, 0.1) is 5.92 Å². The zero-order valence-corrected chi connectivity index (χ0v) is 12.9. The number of nitrogens with zero attached hydrogens (tertiary/aromatic N) is 1. The molecule has 2 N–H and O–H groups in total. The van der Waals surface area contributed by atoms with Crippen molar-refractivity contribution in [3.8, 4) is 0 Å². The van der Waals surface area contributed by atoms with Crippen LogP contribution in [0.2, 0.25) is 0 Å². The zero-order chi connectivity index (χ0) is 15.5. The molecule has 0 aromatic heterocycles. The van der Waals surface area contributed by atoms with Gasteiger partial charge in [-0.25, -0.2) is 9.59 Å². The molecule has 2 aliphatic rings. The van der Waals surface area contributed by atoms with Crippen molar-refractivity contribution in [1.29, 1.82) is 0 Å². The predicted molar refractivity (Wildman–Crippen MR) is 78.1 cm³/mol. The Morgan fingerprint density at radius 3 is 2.71 bits per heavy atom. The Kier molecular flexibility index (Phi) is 5.08. The third-order valence-electron chi connectivity index (χ3n) is 4.57. The summed E-state index contributed by atoms with van der Waals surface area (Å²) in [6.45, 7) is 4.64. The van der Waals surface area contributed by atoms with Crippen LogP contribution in [0.4, 0.5) is 4.79 Å². The van der Waals surface area contributed by atoms with Crippen molar-refractivity contribution in [2.45, 2.75) is 57.6 Å². The number of rotatable bonds is 5. The van der Waals surface area contributed by atoms with Crippen molar-refractivity contribution in [2.75, 3.05) is 19.7 Å². The molecule has 0 bridgehead atoms. The van der Waals surface area contributed by atoms with Gasteiger partial charge in [0.1, 0.15) is 12.2 Å². The summed E-state index contributed by atoms with van der Waals surface area (Å²) >= 11 is 0. The second-order valence-corrected chi connectivity index (χ2v) is 6.58. The zero-order valence-electron chi connectivity index (χ0n) is 12.9. The van der Waals surface area contributed by atoms with Gasteiger partial charge in [0.05, 0.1) is 13.1 Å². The molecule has 1 heterocycles. The van der Waals surface area contributed by atoms with Gasteiger partial charge in [0.25, 0.3) is 0 Å². The number of hydrogen-bond donors (Lipinski definition) is 2. The van der Waals surface area contributed by atoms with Crippen LogP contribution < -0.4 is 5.32 Å². The average Bonchev–Trinajstić information content (AvgIpc) is 2.42. The Balaban J connectivity index is 1.72. The third kappa shape index (κ3) is 4.33. The molecule has 0 spiro atoms. The predicted octanol–water partition coefficient (Wildman–Crippen LogP) is 1.84. The Labute approximate surface area is 125 Å². The summed E-state index contributed by atoms with van der Waals surface area (Å²) < 4.78 is 5.31. The van der Waals surface area contributed by atoms with E-state index in [0.717, 1.165) is 18.8 Å². The van der Waals surface area contributed by atoms with E-state index in [1.807, 2.05) is 6.92 Å². The van der Waals surface area contributed by atoms with Gasteiger partial charge >= 0.3 is 12.0 Å². The number of ether oxygens (including phenoxy) is 1. The van der Waals surface area contributed by atoms with Crippen molar-refractivity contribution in [2.24, 2.45) is 5.92 Å². The van der Waals surface area contributed by atoms with Crippen molar-refractivity contribution in [1.82, 2.24) is 10.2 Å². The molecule has 2 unspecified atom stereocenters. The van der Waals surface area contributed by atoms with Crippen LogP contribution in [0.5, 0.6) is 0 Å². The Bertz CT molecular complexity index is 393. The maximum Gasteiger partial charge on any atom is 0.329 e. The molecule has 0 radical (unpaired) electrons. The van der Waals surface area contributed by atoms with E-state index in [4.69, 9.17) is 9.84 Å². The minimum Gasteiger partial charge on any atom is -0.480 e. The summed E-state index contributed by atoms with van der Waals surface area (Å²) in [5.74, 6) is -0.253. The Hall–Kier alpha value is -1.30. The van der Waals surface area contributed by atoms with Gasteiger partial charge < -0.3 is 20.1 Å². The topological polar surface area (TPSA) is 78.9 Å². The van der Waals surface area contributed by atoms with Crippen molar-refractivity contribution in [3.63, 3.8) is 0 Å². The number of hydrogen-bond acceptors (Lipinski definition) is 3. The van der Waals surface area contributed by atoms with E-state index < -0.39 is 11.6 Å². The van der Waals surface area contributed by atoms with Crippen LogP contribution in [0.1, 0.15) is 46.0 Å². The van der Waals surface area contributed by atoms with E-state index >= 15 is 0 Å². The lowest BCUT2D eigenvalue weighted by Gasteiger charge is -2.47. The molecule has 1 aliphatic heterocycles. The van der Waals surface area contributed by atoms with E-state index in [-0.39, 0.29) is 18.7 Å². The van der Waals surface area contributed by atoms with Gasteiger partial charge in [-0.05, 0) is 25.7 Å². The maximum absolute atomic E-state index is 12.2. The SMILES string of the molecule is CCC1CCCC(NC(=O)N2CC(C)(OCC(=O)O)C2)C1. The molecule has 2 atom stereocenters. The smallest absolute Gasteiger partial charge is 0.329 e. The normalized spacial score (nSPS) is 27.8. The third-order valence-corrected chi connectivity index (χ3v) is 4.57. The number of aliphatic carboxylic acids is 1. The minimum atomic E-state index is -0.980. The first-order valence-corrected chi connectivity index (χ1v) is 7.83. The fraction of sp³-hybridized carbons (Fsp3) is 0.867. The molecule has 0 aromatic carbocycles. The molecule has 1 aliphatic carbocycles. The van der Waals surface area contributed by atoms with Crippen LogP contribution in [0.15, 0.2) is 0 Å². The number of carboxylic acid groups (broad SMARTS) is 1. The standard InChI is InChI=1S/C15H26N2O4/c1-3-11-5-4-6-12(7-11)16-14(20)17-9-15(2,10-17)21-8-13(18)19/h11-12H,3-10H2,1-2H3,(H,16,20)(H,18,19). The van der Waals surface area contributed by atoms with Crippen molar-refractivity contribution < 1.29 is 19.4 Å². The molecule has 1 saturated heterocycles. The van der Waals surface area contributed by atoms with Gasteiger partial charge in [0.15, 0.2) is 0 Å². The molecular formula is C15H26N2O4. The number of carbonyl (C=O) groups excluding carboxylic acids is 1. The maximum atomic E-state index is 12.2. The summed E-state index contributed by atoms with van der Waals surface area (Å²) in [6.07, 6.45) is 5.76. The Morgan fingerprint density at radius 2 is 2.10 bits per heavy atom. The average molecular weight is 298 g/mol.